The molecule has 0 spiro atoms. The summed E-state index contributed by atoms with van der Waals surface area (Å²) < 4.78 is 5.85. The first-order valence-electron chi connectivity index (χ1n) is 6.47. The molecule has 1 N–H and O–H groups in total. The molecule has 1 saturated heterocycles. The molecule has 0 saturated carbocycles. The van der Waals surface area contributed by atoms with Gasteiger partial charge in [0.15, 0.2) is 0 Å². The summed E-state index contributed by atoms with van der Waals surface area (Å²) in [6.45, 7) is 9.33. The van der Waals surface area contributed by atoms with Crippen LogP contribution in [0.4, 0.5) is 0 Å². The van der Waals surface area contributed by atoms with Crippen molar-refractivity contribution in [2.75, 3.05) is 13.2 Å². The maximum Gasteiger partial charge on any atom is 0.125 e. The maximum atomic E-state index is 5.85. The number of ether oxygens (including phenoxy) is 1. The van der Waals surface area contributed by atoms with E-state index in [2.05, 4.69) is 26.1 Å². The Labute approximate surface area is 108 Å². The largest absolute Gasteiger partial charge is 0.368 e. The zero-order valence-electron chi connectivity index (χ0n) is 11.0. The van der Waals surface area contributed by atoms with E-state index >= 15 is 0 Å². The zero-order valence-corrected chi connectivity index (χ0v) is 11.8. The zero-order chi connectivity index (χ0) is 12.3. The van der Waals surface area contributed by atoms with Crippen molar-refractivity contribution in [2.24, 2.45) is 0 Å². The van der Waals surface area contributed by atoms with Gasteiger partial charge in [0.05, 0.1) is 5.69 Å². The Morgan fingerprint density at radius 1 is 1.53 bits per heavy atom. The van der Waals surface area contributed by atoms with Crippen LogP contribution in [0.5, 0.6) is 0 Å². The second-order valence-electron chi connectivity index (χ2n) is 4.89. The van der Waals surface area contributed by atoms with Crippen LogP contribution < -0.4 is 5.32 Å². The first-order valence-corrected chi connectivity index (χ1v) is 7.29. The molecule has 0 amide bonds. The van der Waals surface area contributed by atoms with E-state index in [1.807, 2.05) is 11.3 Å². The lowest BCUT2D eigenvalue weighted by Crippen LogP contribution is -2.19. The van der Waals surface area contributed by atoms with E-state index in [1.54, 1.807) is 0 Å². The number of hydrogen-bond donors (Lipinski definition) is 1. The lowest BCUT2D eigenvalue weighted by molar-refractivity contribution is 0.0166. The molecule has 3 nitrogen and oxygen atoms in total. The van der Waals surface area contributed by atoms with Crippen LogP contribution in [0.15, 0.2) is 0 Å². The fourth-order valence-corrected chi connectivity index (χ4v) is 3.31. The van der Waals surface area contributed by atoms with Crippen molar-refractivity contribution >= 4 is 11.3 Å². The molecule has 1 aromatic heterocycles. The third-order valence-electron chi connectivity index (χ3n) is 3.28. The van der Waals surface area contributed by atoms with Gasteiger partial charge in [0.2, 0.25) is 0 Å². The summed E-state index contributed by atoms with van der Waals surface area (Å²) in [6.07, 6.45) is 3.42. The van der Waals surface area contributed by atoms with E-state index in [4.69, 9.17) is 9.72 Å². The smallest absolute Gasteiger partial charge is 0.125 e. The van der Waals surface area contributed by atoms with Gasteiger partial charge in [-0.3, -0.25) is 0 Å². The Kier molecular flexibility index (Phi) is 4.17. The molecule has 96 valence electrons. The minimum Gasteiger partial charge on any atom is -0.368 e. The monoisotopic (exact) mass is 254 g/mol. The van der Waals surface area contributed by atoms with Crippen molar-refractivity contribution in [2.45, 2.75) is 52.2 Å². The van der Waals surface area contributed by atoms with Gasteiger partial charge in [-0.15, -0.1) is 11.3 Å². The predicted molar refractivity (Wildman–Crippen MR) is 71.4 cm³/mol. The van der Waals surface area contributed by atoms with Gasteiger partial charge in [0, 0.05) is 18.0 Å². The van der Waals surface area contributed by atoms with Crippen molar-refractivity contribution in [3.05, 3.63) is 15.6 Å². The third kappa shape index (κ3) is 2.87. The molecule has 17 heavy (non-hydrogen) atoms. The second kappa shape index (κ2) is 5.46. The van der Waals surface area contributed by atoms with Crippen LogP contribution >= 0.6 is 11.3 Å². The van der Waals surface area contributed by atoms with E-state index < -0.39 is 0 Å². The van der Waals surface area contributed by atoms with Gasteiger partial charge in [0.1, 0.15) is 10.6 Å². The summed E-state index contributed by atoms with van der Waals surface area (Å²) >= 11 is 1.81. The van der Waals surface area contributed by atoms with Crippen molar-refractivity contribution in [3.63, 3.8) is 0 Å². The van der Waals surface area contributed by atoms with Gasteiger partial charge in [-0.2, -0.15) is 0 Å². The molecule has 1 aromatic rings. The summed E-state index contributed by atoms with van der Waals surface area (Å²) in [7, 11) is 0. The summed E-state index contributed by atoms with van der Waals surface area (Å²) in [5.41, 5.74) is 1.03. The van der Waals surface area contributed by atoms with Gasteiger partial charge in [-0.1, -0.05) is 6.92 Å². The molecule has 0 bridgehead atoms. The quantitative estimate of drug-likeness (QED) is 0.820. The first kappa shape index (κ1) is 13.0. The minimum absolute atomic E-state index is 0.127. The predicted octanol–water partition coefficient (Wildman–Crippen LogP) is 2.98. The average molecular weight is 254 g/mol. The van der Waals surface area contributed by atoms with Crippen LogP contribution in [0.2, 0.25) is 0 Å². The highest BCUT2D eigenvalue weighted by Crippen LogP contribution is 2.38. The summed E-state index contributed by atoms with van der Waals surface area (Å²) in [6, 6.07) is 0. The molecule has 1 fully saturated rings. The molecule has 1 atom stereocenters. The van der Waals surface area contributed by atoms with Crippen molar-refractivity contribution in [1.29, 1.82) is 0 Å². The topological polar surface area (TPSA) is 34.1 Å². The standard InChI is InChI=1S/C13H22N2OS/c1-4-7-14-9-11-10(2)15-12(17-11)13(3)6-5-8-16-13/h14H,4-9H2,1-3H3. The number of hydrogen-bond acceptors (Lipinski definition) is 4. The molecule has 2 heterocycles. The van der Waals surface area contributed by atoms with Crippen molar-refractivity contribution < 1.29 is 4.74 Å². The molecule has 0 aliphatic carbocycles. The first-order chi connectivity index (χ1) is 8.15. The van der Waals surface area contributed by atoms with Crippen LogP contribution in [-0.2, 0) is 16.9 Å². The van der Waals surface area contributed by atoms with E-state index in [-0.39, 0.29) is 5.60 Å². The van der Waals surface area contributed by atoms with Gasteiger partial charge in [-0.25, -0.2) is 4.98 Å². The molecule has 2 rings (SSSR count). The second-order valence-corrected chi connectivity index (χ2v) is 5.97. The molecule has 4 heteroatoms. The fourth-order valence-electron chi connectivity index (χ4n) is 2.14. The summed E-state index contributed by atoms with van der Waals surface area (Å²) in [5.74, 6) is 0. The molecule has 1 aliphatic rings. The Hall–Kier alpha value is -0.450. The molecule has 1 unspecified atom stereocenters. The maximum absolute atomic E-state index is 5.85. The molecular weight excluding hydrogens is 232 g/mol. The lowest BCUT2D eigenvalue weighted by Gasteiger charge is -2.19. The number of aromatic nitrogens is 1. The number of nitrogens with one attached hydrogen (secondary N) is 1. The van der Waals surface area contributed by atoms with Gasteiger partial charge < -0.3 is 10.1 Å². The van der Waals surface area contributed by atoms with Gasteiger partial charge in [0.25, 0.3) is 0 Å². The number of thiazole rings is 1. The number of rotatable bonds is 5. The third-order valence-corrected chi connectivity index (χ3v) is 4.68. The molecule has 0 aromatic carbocycles. The Morgan fingerprint density at radius 3 is 3.00 bits per heavy atom. The number of aryl methyl sites for hydroxylation is 1. The van der Waals surface area contributed by atoms with E-state index in [9.17, 15) is 0 Å². The summed E-state index contributed by atoms with van der Waals surface area (Å²) in [5, 5.41) is 4.59. The average Bonchev–Trinajstić information content (AvgIpc) is 2.88. The van der Waals surface area contributed by atoms with E-state index in [0.717, 1.165) is 43.2 Å². The van der Waals surface area contributed by atoms with E-state index in [0.29, 0.717) is 0 Å². The van der Waals surface area contributed by atoms with Crippen LogP contribution in [0, 0.1) is 6.92 Å². The van der Waals surface area contributed by atoms with Gasteiger partial charge in [-0.05, 0) is 39.7 Å². The van der Waals surface area contributed by atoms with Crippen LogP contribution in [0.1, 0.15) is 48.7 Å². The van der Waals surface area contributed by atoms with Crippen LogP contribution in [0.25, 0.3) is 0 Å². The molecule has 1 aliphatic heterocycles. The summed E-state index contributed by atoms with van der Waals surface area (Å²) in [4.78, 5) is 6.05. The Balaban J connectivity index is 2.07. The Morgan fingerprint density at radius 2 is 2.35 bits per heavy atom. The fraction of sp³-hybridized carbons (Fsp3) is 0.769. The van der Waals surface area contributed by atoms with Gasteiger partial charge >= 0.3 is 0 Å². The van der Waals surface area contributed by atoms with E-state index in [1.165, 1.54) is 11.3 Å². The molecule has 0 radical (unpaired) electrons. The normalized spacial score (nSPS) is 24.4. The highest BCUT2D eigenvalue weighted by Gasteiger charge is 2.35. The Bertz CT molecular complexity index is 369. The van der Waals surface area contributed by atoms with Crippen LogP contribution in [0.3, 0.4) is 0 Å². The number of nitrogens with zero attached hydrogens (tertiary/aromatic N) is 1. The van der Waals surface area contributed by atoms with Crippen molar-refractivity contribution in [3.8, 4) is 0 Å². The minimum atomic E-state index is -0.127. The highest BCUT2D eigenvalue weighted by atomic mass is 32.1. The lowest BCUT2D eigenvalue weighted by atomic mass is 10.0. The SMILES string of the molecule is CCCNCc1sc(C2(C)CCCO2)nc1C. The van der Waals surface area contributed by atoms with Crippen molar-refractivity contribution in [1.82, 2.24) is 10.3 Å². The molecular formula is C13H22N2OS. The highest BCUT2D eigenvalue weighted by molar-refractivity contribution is 7.11. The van der Waals surface area contributed by atoms with Crippen LogP contribution in [-0.4, -0.2) is 18.1 Å².